The molecule has 14 heavy (non-hydrogen) atoms. The second-order valence-corrected chi connectivity index (χ2v) is 4.05. The van der Waals surface area contributed by atoms with Gasteiger partial charge < -0.3 is 0 Å². The summed E-state index contributed by atoms with van der Waals surface area (Å²) in [5.74, 6) is 0. The number of rotatable bonds is 4. The highest BCUT2D eigenvalue weighted by Gasteiger charge is 2.12. The monoisotopic (exact) mass is 230 g/mol. The molecule has 1 nitrogen and oxygen atoms in total. The van der Waals surface area contributed by atoms with Crippen LogP contribution in [0.5, 0.6) is 0 Å². The summed E-state index contributed by atoms with van der Waals surface area (Å²) in [6.45, 7) is 2.10. The molecule has 0 aliphatic rings. The summed E-state index contributed by atoms with van der Waals surface area (Å²) in [6.07, 6.45) is 1.51. The molecule has 0 saturated heterocycles. The number of carbonyl (C=O) groups is 1. The van der Waals surface area contributed by atoms with Crippen molar-refractivity contribution < 1.29 is 4.79 Å². The van der Waals surface area contributed by atoms with Crippen LogP contribution in [-0.2, 0) is 17.6 Å². The highest BCUT2D eigenvalue weighted by atomic mass is 35.5. The fourth-order valence-electron chi connectivity index (χ4n) is 1.20. The Balaban J connectivity index is 2.64. The standard InChI is InChI=1S/C11H12Cl2O/c1-2-8-3-5-9(6-4-8)7-10(12)11(13)14/h3-6,10H,2,7H2,1H3. The van der Waals surface area contributed by atoms with Crippen molar-refractivity contribution in [2.45, 2.75) is 25.1 Å². The summed E-state index contributed by atoms with van der Waals surface area (Å²) >= 11 is 11.0. The maximum absolute atomic E-state index is 10.7. The molecule has 0 aliphatic heterocycles. The highest BCUT2D eigenvalue weighted by Crippen LogP contribution is 2.12. The fraction of sp³-hybridized carbons (Fsp3) is 0.364. The zero-order valence-corrected chi connectivity index (χ0v) is 9.48. The molecule has 0 fully saturated rings. The highest BCUT2D eigenvalue weighted by molar-refractivity contribution is 6.69. The maximum atomic E-state index is 10.7. The minimum atomic E-state index is -0.621. The third kappa shape index (κ3) is 3.32. The summed E-state index contributed by atoms with van der Waals surface area (Å²) < 4.78 is 0. The molecule has 3 heteroatoms. The van der Waals surface area contributed by atoms with E-state index in [1.54, 1.807) is 0 Å². The van der Waals surface area contributed by atoms with Gasteiger partial charge in [0.25, 0.3) is 0 Å². The van der Waals surface area contributed by atoms with Crippen molar-refractivity contribution in [2.75, 3.05) is 0 Å². The van der Waals surface area contributed by atoms with Crippen LogP contribution in [0, 0.1) is 0 Å². The van der Waals surface area contributed by atoms with Crippen molar-refractivity contribution in [1.82, 2.24) is 0 Å². The van der Waals surface area contributed by atoms with Gasteiger partial charge in [-0.05, 0) is 35.6 Å². The van der Waals surface area contributed by atoms with Crippen LogP contribution in [0.1, 0.15) is 18.1 Å². The van der Waals surface area contributed by atoms with Crippen LogP contribution in [0.4, 0.5) is 0 Å². The van der Waals surface area contributed by atoms with E-state index in [9.17, 15) is 4.79 Å². The molecule has 0 bridgehead atoms. The number of aryl methyl sites for hydroxylation is 1. The van der Waals surface area contributed by atoms with Crippen LogP contribution < -0.4 is 0 Å². The molecule has 1 unspecified atom stereocenters. The third-order valence-corrected chi connectivity index (χ3v) is 2.82. The van der Waals surface area contributed by atoms with Gasteiger partial charge >= 0.3 is 0 Å². The Morgan fingerprint density at radius 2 is 1.79 bits per heavy atom. The van der Waals surface area contributed by atoms with E-state index in [-0.39, 0.29) is 0 Å². The Morgan fingerprint density at radius 3 is 2.21 bits per heavy atom. The van der Waals surface area contributed by atoms with Gasteiger partial charge in [-0.25, -0.2) is 0 Å². The zero-order valence-electron chi connectivity index (χ0n) is 7.97. The fourth-order valence-corrected chi connectivity index (χ4v) is 1.45. The van der Waals surface area contributed by atoms with Crippen LogP contribution in [0.15, 0.2) is 24.3 Å². The normalized spacial score (nSPS) is 12.5. The van der Waals surface area contributed by atoms with Crippen molar-refractivity contribution in [1.29, 1.82) is 0 Å². The number of hydrogen-bond donors (Lipinski definition) is 0. The predicted octanol–water partition coefficient (Wildman–Crippen LogP) is 3.16. The van der Waals surface area contributed by atoms with Crippen LogP contribution in [0.3, 0.4) is 0 Å². The van der Waals surface area contributed by atoms with Gasteiger partial charge in [0.2, 0.25) is 5.24 Å². The molecule has 0 heterocycles. The first-order valence-electron chi connectivity index (χ1n) is 4.54. The smallest absolute Gasteiger partial charge is 0.239 e. The molecular weight excluding hydrogens is 219 g/mol. The van der Waals surface area contributed by atoms with Crippen LogP contribution >= 0.6 is 23.2 Å². The number of halogens is 2. The predicted molar refractivity (Wildman–Crippen MR) is 60.0 cm³/mol. The maximum Gasteiger partial charge on any atom is 0.239 e. The molecule has 1 aromatic rings. The molecule has 1 aromatic carbocycles. The topological polar surface area (TPSA) is 17.1 Å². The summed E-state index contributed by atoms with van der Waals surface area (Å²) in [4.78, 5) is 10.7. The third-order valence-electron chi connectivity index (χ3n) is 2.09. The lowest BCUT2D eigenvalue weighted by Crippen LogP contribution is -2.11. The molecule has 0 aromatic heterocycles. The number of hydrogen-bond acceptors (Lipinski definition) is 1. The van der Waals surface area contributed by atoms with Crippen molar-refractivity contribution >= 4 is 28.4 Å². The van der Waals surface area contributed by atoms with Crippen LogP contribution in [0.2, 0.25) is 0 Å². The van der Waals surface area contributed by atoms with Gasteiger partial charge in [0.05, 0.1) is 0 Å². The van der Waals surface area contributed by atoms with E-state index in [0.717, 1.165) is 12.0 Å². The minimum absolute atomic E-state index is 0.494. The second kappa shape index (κ2) is 5.38. The Kier molecular flexibility index (Phi) is 4.43. The quantitative estimate of drug-likeness (QED) is 0.574. The van der Waals surface area contributed by atoms with E-state index in [4.69, 9.17) is 23.2 Å². The van der Waals surface area contributed by atoms with E-state index < -0.39 is 10.6 Å². The lowest BCUT2D eigenvalue weighted by Gasteiger charge is -2.04. The SMILES string of the molecule is CCc1ccc(CC(Cl)C(=O)Cl)cc1. The van der Waals surface area contributed by atoms with E-state index in [2.05, 4.69) is 6.92 Å². The Bertz CT molecular complexity index is 306. The van der Waals surface area contributed by atoms with Crippen LogP contribution in [-0.4, -0.2) is 10.6 Å². The number of alkyl halides is 1. The lowest BCUT2D eigenvalue weighted by atomic mass is 10.1. The molecule has 0 amide bonds. The number of carbonyl (C=O) groups excluding carboxylic acids is 1. The van der Waals surface area contributed by atoms with Gasteiger partial charge in [0.15, 0.2) is 0 Å². The molecule has 0 N–H and O–H groups in total. The minimum Gasteiger partial charge on any atom is -0.280 e. The molecule has 0 saturated carbocycles. The first kappa shape index (κ1) is 11.5. The molecule has 1 rings (SSSR count). The van der Waals surface area contributed by atoms with Crippen molar-refractivity contribution in [2.24, 2.45) is 0 Å². The molecule has 1 atom stereocenters. The van der Waals surface area contributed by atoms with Crippen molar-refractivity contribution in [3.05, 3.63) is 35.4 Å². The Hall–Kier alpha value is -0.530. The molecule has 0 radical (unpaired) electrons. The summed E-state index contributed by atoms with van der Waals surface area (Å²) in [5.41, 5.74) is 2.31. The van der Waals surface area contributed by atoms with Gasteiger partial charge in [-0.3, -0.25) is 4.79 Å². The van der Waals surface area contributed by atoms with Crippen molar-refractivity contribution in [3.63, 3.8) is 0 Å². The Morgan fingerprint density at radius 1 is 1.29 bits per heavy atom. The average Bonchev–Trinajstić information content (AvgIpc) is 2.19. The van der Waals surface area contributed by atoms with Gasteiger partial charge in [0.1, 0.15) is 5.38 Å². The van der Waals surface area contributed by atoms with Gasteiger partial charge in [-0.2, -0.15) is 0 Å². The summed E-state index contributed by atoms with van der Waals surface area (Å²) in [7, 11) is 0. The van der Waals surface area contributed by atoms with Gasteiger partial charge in [-0.1, -0.05) is 31.2 Å². The van der Waals surface area contributed by atoms with E-state index >= 15 is 0 Å². The van der Waals surface area contributed by atoms with Crippen molar-refractivity contribution in [3.8, 4) is 0 Å². The second-order valence-electron chi connectivity index (χ2n) is 3.15. The van der Waals surface area contributed by atoms with E-state index in [1.807, 2.05) is 24.3 Å². The average molecular weight is 231 g/mol. The van der Waals surface area contributed by atoms with Crippen LogP contribution in [0.25, 0.3) is 0 Å². The summed E-state index contributed by atoms with van der Waals surface area (Å²) in [6, 6.07) is 8.04. The molecule has 0 aliphatic carbocycles. The zero-order chi connectivity index (χ0) is 10.6. The van der Waals surface area contributed by atoms with E-state index in [1.165, 1.54) is 5.56 Å². The molecular formula is C11H12Cl2O. The van der Waals surface area contributed by atoms with E-state index in [0.29, 0.717) is 6.42 Å². The first-order valence-corrected chi connectivity index (χ1v) is 5.36. The first-order chi connectivity index (χ1) is 6.63. The van der Waals surface area contributed by atoms with Gasteiger partial charge in [0, 0.05) is 0 Å². The molecule has 76 valence electrons. The number of benzene rings is 1. The van der Waals surface area contributed by atoms with Gasteiger partial charge in [-0.15, -0.1) is 11.6 Å². The summed E-state index contributed by atoms with van der Waals surface area (Å²) in [5, 5.41) is -1.12. The largest absolute Gasteiger partial charge is 0.280 e. The lowest BCUT2D eigenvalue weighted by molar-refractivity contribution is -0.111. The molecule has 0 spiro atoms. The Labute approximate surface area is 94.0 Å².